The van der Waals surface area contributed by atoms with Gasteiger partial charge in [-0.1, -0.05) is 59.6 Å². The van der Waals surface area contributed by atoms with Crippen LogP contribution in [-0.2, 0) is 5.88 Å². The zero-order valence-electron chi connectivity index (χ0n) is 11.5. The Morgan fingerprint density at radius 3 is 2.11 bits per heavy atom. The monoisotopic (exact) mass is 394 g/mol. The summed E-state index contributed by atoms with van der Waals surface area (Å²) in [4.78, 5) is 0. The summed E-state index contributed by atoms with van der Waals surface area (Å²) >= 11 is 13.7. The Bertz CT molecular complexity index is 415. The van der Waals surface area contributed by atoms with Gasteiger partial charge in [0, 0.05) is 14.8 Å². The third-order valence-electron chi connectivity index (χ3n) is 3.77. The molecular weight excluding hydrogens is 375 g/mol. The predicted molar refractivity (Wildman–Crippen MR) is 88.8 cm³/mol. The van der Waals surface area contributed by atoms with Gasteiger partial charge in [0.15, 0.2) is 0 Å². The Kier molecular flexibility index (Phi) is 6.71. The predicted octanol–water partition coefficient (Wildman–Crippen LogP) is 6.98. The Labute approximate surface area is 133 Å². The molecule has 0 heterocycles. The van der Waals surface area contributed by atoms with Gasteiger partial charge in [-0.3, -0.25) is 0 Å². The van der Waals surface area contributed by atoms with Crippen molar-refractivity contribution in [1.82, 2.24) is 0 Å². The van der Waals surface area contributed by atoms with Crippen LogP contribution in [0.25, 0.3) is 0 Å². The number of benzene rings is 1. The second-order valence-electron chi connectivity index (χ2n) is 4.91. The Balaban J connectivity index is 3.45. The highest BCUT2D eigenvalue weighted by atomic mass is 79.9. The van der Waals surface area contributed by atoms with Crippen molar-refractivity contribution in [3.05, 3.63) is 31.7 Å². The Hall–Kier alpha value is 0.470. The molecule has 2 atom stereocenters. The largest absolute Gasteiger partial charge is 0.121 e. The molecule has 0 fully saturated rings. The average molecular weight is 397 g/mol. The van der Waals surface area contributed by atoms with Crippen LogP contribution in [0, 0.1) is 0 Å². The summed E-state index contributed by atoms with van der Waals surface area (Å²) in [7, 11) is 0. The normalized spacial score (nSPS) is 14.6. The highest BCUT2D eigenvalue weighted by molar-refractivity contribution is 9.11. The smallest absolute Gasteiger partial charge is 0.0488 e. The Morgan fingerprint density at radius 1 is 1.11 bits per heavy atom. The van der Waals surface area contributed by atoms with E-state index in [-0.39, 0.29) is 0 Å². The molecule has 1 aromatic rings. The van der Waals surface area contributed by atoms with Crippen LogP contribution < -0.4 is 0 Å². The first kappa shape index (κ1) is 16.5. The molecule has 0 radical (unpaired) electrons. The molecule has 18 heavy (non-hydrogen) atoms. The van der Waals surface area contributed by atoms with E-state index in [0.29, 0.717) is 17.7 Å². The first-order valence-corrected chi connectivity index (χ1v) is 8.66. The molecule has 0 nitrogen and oxygen atoms in total. The molecule has 0 saturated carbocycles. The van der Waals surface area contributed by atoms with E-state index < -0.39 is 0 Å². The molecule has 1 rings (SSSR count). The first-order chi connectivity index (χ1) is 8.47. The number of hydrogen-bond donors (Lipinski definition) is 0. The molecule has 0 aliphatic rings. The third kappa shape index (κ3) is 3.32. The molecular formula is C15H21Br2Cl. The quantitative estimate of drug-likeness (QED) is 0.471. The van der Waals surface area contributed by atoms with Gasteiger partial charge >= 0.3 is 0 Å². The van der Waals surface area contributed by atoms with Crippen LogP contribution in [0.1, 0.15) is 69.1 Å². The minimum Gasteiger partial charge on any atom is -0.121 e. The van der Waals surface area contributed by atoms with Crippen LogP contribution in [0.5, 0.6) is 0 Å². The summed E-state index contributed by atoms with van der Waals surface area (Å²) in [5, 5.41) is 0. The van der Waals surface area contributed by atoms with Crippen LogP contribution >= 0.6 is 43.5 Å². The fraction of sp³-hybridized carbons (Fsp3) is 0.600. The summed E-state index contributed by atoms with van der Waals surface area (Å²) in [5.41, 5.74) is 3.95. The van der Waals surface area contributed by atoms with Crippen molar-refractivity contribution in [2.75, 3.05) is 0 Å². The number of rotatable bonds is 5. The second-order valence-corrected chi connectivity index (χ2v) is 6.82. The average Bonchev–Trinajstić information content (AvgIpc) is 2.38. The van der Waals surface area contributed by atoms with E-state index in [1.165, 1.54) is 25.6 Å². The topological polar surface area (TPSA) is 0 Å². The zero-order chi connectivity index (χ0) is 13.9. The van der Waals surface area contributed by atoms with E-state index in [0.717, 1.165) is 12.8 Å². The molecule has 1 aromatic carbocycles. The van der Waals surface area contributed by atoms with Crippen molar-refractivity contribution < 1.29 is 0 Å². The van der Waals surface area contributed by atoms with E-state index in [1.54, 1.807) is 0 Å². The fourth-order valence-electron chi connectivity index (χ4n) is 2.16. The molecule has 0 amide bonds. The van der Waals surface area contributed by atoms with Gasteiger partial charge < -0.3 is 0 Å². The van der Waals surface area contributed by atoms with Gasteiger partial charge in [0.2, 0.25) is 0 Å². The number of halogens is 3. The molecule has 0 bridgehead atoms. The van der Waals surface area contributed by atoms with Crippen molar-refractivity contribution in [1.29, 1.82) is 0 Å². The lowest BCUT2D eigenvalue weighted by Crippen LogP contribution is -2.04. The molecule has 0 aromatic heterocycles. The minimum absolute atomic E-state index is 0.524. The maximum atomic E-state index is 6.18. The molecule has 2 unspecified atom stereocenters. The van der Waals surface area contributed by atoms with Crippen LogP contribution in [0.15, 0.2) is 15.0 Å². The van der Waals surface area contributed by atoms with Crippen LogP contribution in [0.4, 0.5) is 0 Å². The van der Waals surface area contributed by atoms with Gasteiger partial charge in [0.1, 0.15) is 0 Å². The van der Waals surface area contributed by atoms with E-state index in [9.17, 15) is 0 Å². The van der Waals surface area contributed by atoms with Gasteiger partial charge in [-0.15, -0.1) is 11.6 Å². The van der Waals surface area contributed by atoms with E-state index in [4.69, 9.17) is 11.6 Å². The van der Waals surface area contributed by atoms with Crippen molar-refractivity contribution >= 4 is 43.5 Å². The zero-order valence-corrected chi connectivity index (χ0v) is 15.4. The Morgan fingerprint density at radius 2 is 1.67 bits per heavy atom. The second kappa shape index (κ2) is 7.31. The summed E-state index contributed by atoms with van der Waals surface area (Å²) in [6.07, 6.45) is 2.26. The lowest BCUT2D eigenvalue weighted by Gasteiger charge is -2.22. The summed E-state index contributed by atoms with van der Waals surface area (Å²) in [5.74, 6) is 1.63. The van der Waals surface area contributed by atoms with Crippen LogP contribution in [0.3, 0.4) is 0 Å². The summed E-state index contributed by atoms with van der Waals surface area (Å²) in [6.45, 7) is 8.94. The first-order valence-electron chi connectivity index (χ1n) is 6.54. The lowest BCUT2D eigenvalue weighted by molar-refractivity contribution is 0.706. The maximum absolute atomic E-state index is 6.18. The molecule has 0 aliphatic heterocycles. The van der Waals surface area contributed by atoms with Gasteiger partial charge in [0.05, 0.1) is 0 Å². The van der Waals surface area contributed by atoms with E-state index in [2.05, 4.69) is 65.6 Å². The number of hydrogen-bond acceptors (Lipinski definition) is 0. The fourth-order valence-corrected chi connectivity index (χ4v) is 4.34. The highest BCUT2D eigenvalue weighted by Gasteiger charge is 2.20. The van der Waals surface area contributed by atoms with Crippen LogP contribution in [0.2, 0.25) is 0 Å². The van der Waals surface area contributed by atoms with Gasteiger partial charge in [-0.2, -0.15) is 0 Å². The molecule has 0 saturated heterocycles. The highest BCUT2D eigenvalue weighted by Crippen LogP contribution is 2.40. The molecule has 0 N–H and O–H groups in total. The van der Waals surface area contributed by atoms with Gasteiger partial charge in [-0.05, 0) is 47.4 Å². The molecule has 102 valence electrons. The third-order valence-corrected chi connectivity index (χ3v) is 5.62. The minimum atomic E-state index is 0.524. The van der Waals surface area contributed by atoms with E-state index >= 15 is 0 Å². The van der Waals surface area contributed by atoms with Crippen molar-refractivity contribution in [3.63, 3.8) is 0 Å². The summed E-state index contributed by atoms with van der Waals surface area (Å²) in [6, 6.07) is 2.26. The van der Waals surface area contributed by atoms with Crippen molar-refractivity contribution in [2.24, 2.45) is 0 Å². The van der Waals surface area contributed by atoms with Crippen LogP contribution in [-0.4, -0.2) is 0 Å². The molecule has 0 spiro atoms. The van der Waals surface area contributed by atoms with Gasteiger partial charge in [-0.25, -0.2) is 0 Å². The molecule has 0 aliphatic carbocycles. The standard InChI is InChI=1S/C15H21Br2Cl/c1-5-9(3)11-7-13(16)14(10(4)6-2)12(8-18)15(11)17/h7,9-10H,5-6,8H2,1-4H3. The maximum Gasteiger partial charge on any atom is 0.0488 e. The van der Waals surface area contributed by atoms with Crippen molar-refractivity contribution in [2.45, 2.75) is 58.3 Å². The number of alkyl halides is 1. The van der Waals surface area contributed by atoms with Gasteiger partial charge in [0.25, 0.3) is 0 Å². The summed E-state index contributed by atoms with van der Waals surface area (Å²) < 4.78 is 2.40. The van der Waals surface area contributed by atoms with Crippen molar-refractivity contribution in [3.8, 4) is 0 Å². The molecule has 3 heteroatoms. The SMILES string of the molecule is CCC(C)c1cc(Br)c(C(C)CC)c(CCl)c1Br. The lowest BCUT2D eigenvalue weighted by atomic mass is 9.89. The van der Waals surface area contributed by atoms with E-state index in [1.807, 2.05) is 0 Å².